The number of alkyl halides is 3. The first kappa shape index (κ1) is 31.1. The Morgan fingerprint density at radius 2 is 1.90 bits per heavy atom. The summed E-state index contributed by atoms with van der Waals surface area (Å²) in [6.07, 6.45) is -2.13. The van der Waals surface area contributed by atoms with Crippen molar-refractivity contribution in [3.8, 4) is 0 Å². The number of carboxylic acids is 2. The number of benzene rings is 1. The number of aliphatic carboxylic acids is 2. The number of anilines is 1. The number of hydrogen-bond acceptors (Lipinski definition) is 10. The first-order valence-corrected chi connectivity index (χ1v) is 13.0. The van der Waals surface area contributed by atoms with Gasteiger partial charge >= 0.3 is 18.1 Å². The molecule has 0 saturated carbocycles. The Hall–Kier alpha value is -4.45. The molecule has 41 heavy (non-hydrogen) atoms. The Kier molecular flexibility index (Phi) is 9.71. The number of carboxylic acid groups (broad SMARTS) is 2. The van der Waals surface area contributed by atoms with Crippen molar-refractivity contribution >= 4 is 63.8 Å². The minimum Gasteiger partial charge on any atom is -0.477 e. The fraction of sp³-hybridized carbons (Fsp3) is 0.217. The van der Waals surface area contributed by atoms with E-state index >= 15 is 0 Å². The van der Waals surface area contributed by atoms with E-state index < -0.39 is 47.2 Å². The molecule has 12 nitrogen and oxygen atoms in total. The summed E-state index contributed by atoms with van der Waals surface area (Å²) in [6.45, 7) is 0. The van der Waals surface area contributed by atoms with Gasteiger partial charge in [-0.3, -0.25) is 14.5 Å². The van der Waals surface area contributed by atoms with Crippen molar-refractivity contribution in [3.05, 3.63) is 64.1 Å². The van der Waals surface area contributed by atoms with Crippen molar-refractivity contribution in [2.24, 2.45) is 5.16 Å². The van der Waals surface area contributed by atoms with Crippen molar-refractivity contribution in [3.63, 3.8) is 0 Å². The van der Waals surface area contributed by atoms with Crippen LogP contribution >= 0.6 is 23.1 Å². The highest BCUT2D eigenvalue weighted by atomic mass is 32.2. The minimum atomic E-state index is -5.08. The normalized spacial score (nSPS) is 18.7. The summed E-state index contributed by atoms with van der Waals surface area (Å²) in [4.78, 5) is 56.4. The van der Waals surface area contributed by atoms with Gasteiger partial charge in [-0.25, -0.2) is 19.0 Å². The number of nitrogens with two attached hydrogens (primary N) is 1. The summed E-state index contributed by atoms with van der Waals surface area (Å²) in [5, 5.41) is 24.3. The topological polar surface area (TPSA) is 185 Å². The number of nitrogen functional groups attached to an aromatic ring is 1. The van der Waals surface area contributed by atoms with Gasteiger partial charge in [0, 0.05) is 16.7 Å². The smallest absolute Gasteiger partial charge is 0.477 e. The fourth-order valence-electron chi connectivity index (χ4n) is 3.47. The van der Waals surface area contributed by atoms with E-state index in [4.69, 9.17) is 20.5 Å². The minimum absolute atomic E-state index is 0.162. The Bertz CT molecular complexity index is 1460. The first-order valence-electron chi connectivity index (χ1n) is 11.0. The van der Waals surface area contributed by atoms with Gasteiger partial charge in [0.25, 0.3) is 11.8 Å². The van der Waals surface area contributed by atoms with Crippen molar-refractivity contribution in [1.29, 1.82) is 0 Å². The van der Waals surface area contributed by atoms with Crippen LogP contribution in [0.1, 0.15) is 11.3 Å². The zero-order chi connectivity index (χ0) is 30.5. The van der Waals surface area contributed by atoms with E-state index in [0.29, 0.717) is 11.1 Å². The van der Waals surface area contributed by atoms with Gasteiger partial charge in [-0.1, -0.05) is 35.5 Å². The van der Waals surface area contributed by atoms with E-state index in [9.17, 15) is 37.1 Å². The number of β-lactam (4-membered cyclic amide) rings is 1. The Morgan fingerprint density at radius 3 is 2.44 bits per heavy atom. The molecule has 2 aliphatic rings. The van der Waals surface area contributed by atoms with Crippen LogP contribution in [0.5, 0.6) is 0 Å². The number of fused-ring (bicyclic) bond motifs is 1. The number of carbonyl (C=O) groups is 4. The van der Waals surface area contributed by atoms with Gasteiger partial charge in [-0.05, 0) is 11.6 Å². The SMILES string of the molecule is CON=C(C(=O)NC1C(=O)N2C(C(=O)O)=C(C=Cc3ccccc3F)CS[C@H]12)c1csc(N)n1.O=C(O)C(F)(F)F. The van der Waals surface area contributed by atoms with Crippen LogP contribution in [0.25, 0.3) is 6.08 Å². The van der Waals surface area contributed by atoms with E-state index in [1.807, 2.05) is 0 Å². The summed E-state index contributed by atoms with van der Waals surface area (Å²) in [7, 11) is 1.26. The molecule has 2 amide bonds. The van der Waals surface area contributed by atoms with Crippen LogP contribution in [0, 0.1) is 5.82 Å². The Balaban J connectivity index is 0.000000587. The third-order valence-electron chi connectivity index (χ3n) is 5.26. The van der Waals surface area contributed by atoms with E-state index in [0.717, 1.165) is 16.2 Å². The van der Waals surface area contributed by atoms with Crippen LogP contribution in [-0.4, -0.2) is 80.0 Å². The number of nitrogens with zero attached hydrogens (tertiary/aromatic N) is 3. The Labute approximate surface area is 236 Å². The predicted octanol–water partition coefficient (Wildman–Crippen LogP) is 2.30. The van der Waals surface area contributed by atoms with Crippen LogP contribution in [0.3, 0.4) is 0 Å². The number of thiazole rings is 1. The number of amides is 2. The molecule has 2 aromatic rings. The third kappa shape index (κ3) is 7.20. The van der Waals surface area contributed by atoms with E-state index in [1.54, 1.807) is 18.2 Å². The molecule has 1 fully saturated rings. The van der Waals surface area contributed by atoms with E-state index in [1.165, 1.54) is 42.5 Å². The summed E-state index contributed by atoms with van der Waals surface area (Å²) in [5.74, 6) is -5.56. The molecule has 0 radical (unpaired) electrons. The molecular formula is C23H19F4N5O7S2. The number of allylic oxidation sites excluding steroid dienone is 1. The molecule has 5 N–H and O–H groups in total. The molecule has 2 atom stereocenters. The molecule has 4 rings (SSSR count). The summed E-state index contributed by atoms with van der Waals surface area (Å²) >= 11 is 2.39. The van der Waals surface area contributed by atoms with Gasteiger partial charge < -0.3 is 26.1 Å². The number of nitrogens with one attached hydrogen (secondary N) is 1. The van der Waals surface area contributed by atoms with Crippen LogP contribution in [0.4, 0.5) is 22.7 Å². The number of halogens is 4. The van der Waals surface area contributed by atoms with Crippen molar-refractivity contribution in [2.45, 2.75) is 17.6 Å². The lowest BCUT2D eigenvalue weighted by Crippen LogP contribution is -2.71. The summed E-state index contributed by atoms with van der Waals surface area (Å²) < 4.78 is 45.6. The molecule has 1 unspecified atom stereocenters. The fourth-order valence-corrected chi connectivity index (χ4v) is 5.34. The molecule has 1 saturated heterocycles. The Morgan fingerprint density at radius 1 is 1.24 bits per heavy atom. The quantitative estimate of drug-likeness (QED) is 0.156. The molecule has 218 valence electrons. The van der Waals surface area contributed by atoms with E-state index in [-0.39, 0.29) is 28.0 Å². The van der Waals surface area contributed by atoms with Gasteiger partial charge in [-0.2, -0.15) is 13.2 Å². The number of rotatable bonds is 7. The van der Waals surface area contributed by atoms with Gasteiger partial charge in [0.1, 0.15) is 35.7 Å². The second kappa shape index (κ2) is 12.8. The predicted molar refractivity (Wildman–Crippen MR) is 139 cm³/mol. The van der Waals surface area contributed by atoms with Crippen molar-refractivity contribution in [2.75, 3.05) is 18.6 Å². The zero-order valence-corrected chi connectivity index (χ0v) is 22.2. The number of aromatic nitrogens is 1. The molecule has 2 aliphatic heterocycles. The van der Waals surface area contributed by atoms with Gasteiger partial charge in [0.15, 0.2) is 10.8 Å². The maximum Gasteiger partial charge on any atom is 0.490 e. The van der Waals surface area contributed by atoms with Crippen LogP contribution in [0.15, 0.2) is 52.1 Å². The first-order chi connectivity index (χ1) is 19.3. The van der Waals surface area contributed by atoms with Crippen molar-refractivity contribution < 1.29 is 51.8 Å². The second-order valence-electron chi connectivity index (χ2n) is 7.89. The third-order valence-corrected chi connectivity index (χ3v) is 7.24. The molecule has 0 bridgehead atoms. The highest BCUT2D eigenvalue weighted by Crippen LogP contribution is 2.41. The highest BCUT2D eigenvalue weighted by Gasteiger charge is 2.54. The lowest BCUT2D eigenvalue weighted by molar-refractivity contribution is -0.192. The maximum absolute atomic E-state index is 13.9. The number of oxime groups is 1. The van der Waals surface area contributed by atoms with Crippen LogP contribution in [-0.2, 0) is 24.0 Å². The van der Waals surface area contributed by atoms with Crippen molar-refractivity contribution in [1.82, 2.24) is 15.2 Å². The zero-order valence-electron chi connectivity index (χ0n) is 20.6. The number of hydrogen-bond donors (Lipinski definition) is 4. The average Bonchev–Trinajstić information content (AvgIpc) is 3.34. The monoisotopic (exact) mass is 617 g/mol. The molecular weight excluding hydrogens is 598 g/mol. The molecule has 0 aliphatic carbocycles. The largest absolute Gasteiger partial charge is 0.490 e. The van der Waals surface area contributed by atoms with Gasteiger partial charge in [0.05, 0.1) is 0 Å². The summed E-state index contributed by atoms with van der Waals surface area (Å²) in [6, 6.07) is 5.09. The highest BCUT2D eigenvalue weighted by molar-refractivity contribution is 8.00. The second-order valence-corrected chi connectivity index (χ2v) is 9.89. The number of thioether (sulfide) groups is 1. The molecule has 1 aromatic heterocycles. The van der Waals surface area contributed by atoms with Crippen LogP contribution in [0.2, 0.25) is 0 Å². The number of carbonyl (C=O) groups excluding carboxylic acids is 2. The molecule has 18 heteroatoms. The van der Waals surface area contributed by atoms with Gasteiger partial charge in [-0.15, -0.1) is 23.1 Å². The lowest BCUT2D eigenvalue weighted by atomic mass is 10.0. The maximum atomic E-state index is 13.9. The molecule has 1 aromatic carbocycles. The van der Waals surface area contributed by atoms with E-state index in [2.05, 4.69) is 15.5 Å². The molecule has 3 heterocycles. The molecule has 0 spiro atoms. The standard InChI is InChI=1S/C21H18FN5O5S2.C2HF3O2/c1-32-26-14(13-9-34-21(23)24-13)17(28)25-15-18(29)27-16(20(30)31)11(8-33-19(15)27)7-6-10-4-2-3-5-12(10)22;3-2(4,5)1(6)7/h2-7,9,15,19H,8H2,1H3,(H2,23,24)(H,25,28)(H,30,31);(H,6,7)/t15?,19-;/m1./s1. The summed E-state index contributed by atoms with van der Waals surface area (Å²) in [5.41, 5.74) is 6.09. The average molecular weight is 618 g/mol. The van der Waals surface area contributed by atoms with Gasteiger partial charge in [0.2, 0.25) is 0 Å². The lowest BCUT2D eigenvalue weighted by Gasteiger charge is -2.49. The van der Waals surface area contributed by atoms with Crippen LogP contribution < -0.4 is 11.1 Å².